The summed E-state index contributed by atoms with van der Waals surface area (Å²) >= 11 is 0. The Morgan fingerprint density at radius 3 is 2.48 bits per heavy atom. The van der Waals surface area contributed by atoms with Crippen molar-refractivity contribution < 1.29 is 19.4 Å². The number of hydrogen-bond acceptors (Lipinski definition) is 3. The maximum Gasteiger partial charge on any atom is 0.323 e. The molecule has 2 rings (SSSR count). The van der Waals surface area contributed by atoms with Crippen LogP contribution in [-0.2, 0) is 16.0 Å². The molecule has 1 N–H and O–H groups in total. The van der Waals surface area contributed by atoms with E-state index in [0.717, 1.165) is 22.1 Å². The summed E-state index contributed by atoms with van der Waals surface area (Å²) < 4.78 is 5.17. The molecular weight excluding hydrogens is 270 g/mol. The van der Waals surface area contributed by atoms with Gasteiger partial charge in [0.05, 0.1) is 13.5 Å². The van der Waals surface area contributed by atoms with Crippen LogP contribution in [0.1, 0.15) is 5.56 Å². The van der Waals surface area contributed by atoms with Crippen LogP contribution in [0.4, 0.5) is 0 Å². The van der Waals surface area contributed by atoms with Gasteiger partial charge in [-0.05, 0) is 28.5 Å². The number of rotatable bonds is 5. The zero-order valence-electron chi connectivity index (χ0n) is 12.0. The molecule has 5 heteroatoms. The number of ether oxygens (including phenoxy) is 1. The molecule has 0 heterocycles. The fourth-order valence-electron chi connectivity index (χ4n) is 2.11. The molecule has 0 unspecified atom stereocenters. The van der Waals surface area contributed by atoms with Crippen LogP contribution >= 0.6 is 0 Å². The Labute approximate surface area is 122 Å². The topological polar surface area (TPSA) is 66.8 Å². The highest BCUT2D eigenvalue weighted by Gasteiger charge is 2.12. The van der Waals surface area contributed by atoms with Gasteiger partial charge in [0.15, 0.2) is 0 Å². The molecular formula is C16H17NO4. The lowest BCUT2D eigenvalue weighted by Gasteiger charge is -2.14. The van der Waals surface area contributed by atoms with E-state index in [4.69, 9.17) is 9.84 Å². The van der Waals surface area contributed by atoms with Crippen molar-refractivity contribution in [2.24, 2.45) is 0 Å². The van der Waals surface area contributed by atoms with Crippen molar-refractivity contribution in [1.29, 1.82) is 0 Å². The molecule has 0 aliphatic heterocycles. The second-order valence-corrected chi connectivity index (χ2v) is 4.87. The van der Waals surface area contributed by atoms with E-state index in [-0.39, 0.29) is 18.9 Å². The minimum Gasteiger partial charge on any atom is -0.497 e. The highest BCUT2D eigenvalue weighted by atomic mass is 16.5. The molecule has 0 bridgehead atoms. The second kappa shape index (κ2) is 6.26. The maximum atomic E-state index is 11.9. The number of carbonyl (C=O) groups excluding carboxylic acids is 1. The molecule has 0 atom stereocenters. The van der Waals surface area contributed by atoms with Crippen molar-refractivity contribution >= 4 is 22.6 Å². The van der Waals surface area contributed by atoms with Crippen LogP contribution in [0, 0.1) is 0 Å². The van der Waals surface area contributed by atoms with E-state index in [9.17, 15) is 9.59 Å². The average molecular weight is 287 g/mol. The standard InChI is InChI=1S/C16H17NO4/c1-17(10-16(19)20)15(18)8-11-3-4-13-9-14(21-2)6-5-12(13)7-11/h3-7,9H,8,10H2,1-2H3,(H,19,20). The Morgan fingerprint density at radius 1 is 1.14 bits per heavy atom. The number of carboxylic acid groups (broad SMARTS) is 1. The van der Waals surface area contributed by atoms with Gasteiger partial charge in [-0.2, -0.15) is 0 Å². The number of amides is 1. The van der Waals surface area contributed by atoms with Gasteiger partial charge in [-0.3, -0.25) is 9.59 Å². The van der Waals surface area contributed by atoms with Gasteiger partial charge >= 0.3 is 5.97 Å². The summed E-state index contributed by atoms with van der Waals surface area (Å²) in [5.74, 6) is -0.450. The molecule has 0 fully saturated rings. The van der Waals surface area contributed by atoms with Crippen molar-refractivity contribution in [3.05, 3.63) is 42.0 Å². The Hall–Kier alpha value is -2.56. The maximum absolute atomic E-state index is 11.9. The first kappa shape index (κ1) is 14.8. The van der Waals surface area contributed by atoms with Crippen LogP contribution in [0.25, 0.3) is 10.8 Å². The van der Waals surface area contributed by atoms with E-state index in [2.05, 4.69) is 0 Å². The van der Waals surface area contributed by atoms with Crippen LogP contribution in [0.2, 0.25) is 0 Å². The third-order valence-corrected chi connectivity index (χ3v) is 3.27. The molecule has 0 radical (unpaired) electrons. The van der Waals surface area contributed by atoms with Crippen molar-refractivity contribution in [1.82, 2.24) is 4.90 Å². The molecule has 2 aromatic carbocycles. The molecule has 0 aliphatic rings. The number of benzene rings is 2. The van der Waals surface area contributed by atoms with Crippen LogP contribution in [0.15, 0.2) is 36.4 Å². The lowest BCUT2D eigenvalue weighted by atomic mass is 10.0. The minimum atomic E-state index is -1.02. The lowest BCUT2D eigenvalue weighted by Crippen LogP contribution is -2.33. The molecule has 0 aliphatic carbocycles. The molecule has 1 amide bonds. The Morgan fingerprint density at radius 2 is 1.81 bits per heavy atom. The van der Waals surface area contributed by atoms with E-state index >= 15 is 0 Å². The molecule has 5 nitrogen and oxygen atoms in total. The van der Waals surface area contributed by atoms with E-state index in [1.54, 1.807) is 7.11 Å². The van der Waals surface area contributed by atoms with Gasteiger partial charge in [-0.1, -0.05) is 24.3 Å². The Kier molecular flexibility index (Phi) is 4.42. The summed E-state index contributed by atoms with van der Waals surface area (Å²) in [5.41, 5.74) is 0.856. The van der Waals surface area contributed by atoms with Gasteiger partial charge in [0.2, 0.25) is 5.91 Å². The molecule has 110 valence electrons. The highest BCUT2D eigenvalue weighted by molar-refractivity contribution is 5.87. The van der Waals surface area contributed by atoms with E-state index in [1.807, 2.05) is 36.4 Å². The van der Waals surface area contributed by atoms with Crippen molar-refractivity contribution in [3.8, 4) is 5.75 Å². The number of methoxy groups -OCH3 is 1. The Bertz CT molecular complexity index is 681. The summed E-state index contributed by atoms with van der Waals surface area (Å²) in [7, 11) is 3.11. The number of nitrogens with zero attached hydrogens (tertiary/aromatic N) is 1. The lowest BCUT2D eigenvalue weighted by molar-refractivity contribution is -0.143. The van der Waals surface area contributed by atoms with Crippen molar-refractivity contribution in [2.45, 2.75) is 6.42 Å². The number of carboxylic acids is 1. The molecule has 0 saturated heterocycles. The summed E-state index contributed by atoms with van der Waals surface area (Å²) in [5, 5.41) is 10.7. The summed E-state index contributed by atoms with van der Waals surface area (Å²) in [6.45, 7) is -0.288. The van der Waals surface area contributed by atoms with Gasteiger partial charge in [-0.25, -0.2) is 0 Å². The van der Waals surface area contributed by atoms with E-state index in [1.165, 1.54) is 11.9 Å². The quantitative estimate of drug-likeness (QED) is 0.912. The molecule has 2 aromatic rings. The van der Waals surface area contributed by atoms with Crippen LogP contribution in [0.5, 0.6) is 5.75 Å². The molecule has 0 saturated carbocycles. The molecule has 21 heavy (non-hydrogen) atoms. The van der Waals surface area contributed by atoms with Crippen molar-refractivity contribution in [3.63, 3.8) is 0 Å². The SMILES string of the molecule is COc1ccc2cc(CC(=O)N(C)CC(=O)O)ccc2c1. The largest absolute Gasteiger partial charge is 0.497 e. The van der Waals surface area contributed by atoms with E-state index in [0.29, 0.717) is 0 Å². The highest BCUT2D eigenvalue weighted by Crippen LogP contribution is 2.22. The zero-order valence-corrected chi connectivity index (χ0v) is 12.0. The first-order valence-corrected chi connectivity index (χ1v) is 6.52. The minimum absolute atomic E-state index is 0.186. The van der Waals surface area contributed by atoms with Gasteiger partial charge in [-0.15, -0.1) is 0 Å². The predicted molar refractivity (Wildman–Crippen MR) is 79.5 cm³/mol. The first-order chi connectivity index (χ1) is 9.99. The second-order valence-electron chi connectivity index (χ2n) is 4.87. The average Bonchev–Trinajstić information content (AvgIpc) is 2.45. The first-order valence-electron chi connectivity index (χ1n) is 6.52. The summed E-state index contributed by atoms with van der Waals surface area (Å²) in [6, 6.07) is 11.5. The third-order valence-electron chi connectivity index (χ3n) is 3.27. The smallest absolute Gasteiger partial charge is 0.323 e. The van der Waals surface area contributed by atoms with Crippen LogP contribution in [-0.4, -0.2) is 42.6 Å². The summed E-state index contributed by atoms with van der Waals surface area (Å²) in [4.78, 5) is 23.7. The Balaban J connectivity index is 2.16. The van der Waals surface area contributed by atoms with Gasteiger partial charge in [0, 0.05) is 7.05 Å². The fourth-order valence-corrected chi connectivity index (χ4v) is 2.11. The normalized spacial score (nSPS) is 10.4. The van der Waals surface area contributed by atoms with Crippen LogP contribution < -0.4 is 4.74 Å². The molecule has 0 spiro atoms. The number of carbonyl (C=O) groups is 2. The van der Waals surface area contributed by atoms with Gasteiger partial charge in [0.1, 0.15) is 12.3 Å². The van der Waals surface area contributed by atoms with Gasteiger partial charge < -0.3 is 14.7 Å². The number of aliphatic carboxylic acids is 1. The third kappa shape index (κ3) is 3.72. The summed E-state index contributed by atoms with van der Waals surface area (Å²) in [6.07, 6.45) is 0.186. The van der Waals surface area contributed by atoms with Crippen molar-refractivity contribution in [2.75, 3.05) is 20.7 Å². The molecule has 0 aromatic heterocycles. The fraction of sp³-hybridized carbons (Fsp3) is 0.250. The number of fused-ring (bicyclic) bond motifs is 1. The monoisotopic (exact) mass is 287 g/mol. The number of hydrogen-bond donors (Lipinski definition) is 1. The van der Waals surface area contributed by atoms with Gasteiger partial charge in [0.25, 0.3) is 0 Å². The zero-order chi connectivity index (χ0) is 15.4. The van der Waals surface area contributed by atoms with Crippen LogP contribution in [0.3, 0.4) is 0 Å². The van der Waals surface area contributed by atoms with E-state index < -0.39 is 5.97 Å². The number of likely N-dealkylation sites (N-methyl/N-ethyl adjacent to an activating group) is 1. The predicted octanol–water partition coefficient (Wildman–Crippen LogP) is 1.93.